The molecule has 0 radical (unpaired) electrons. The molecular weight excluding hydrogens is 405 g/mol. The summed E-state index contributed by atoms with van der Waals surface area (Å²) in [5, 5.41) is 0.648. The maximum Gasteiger partial charge on any atom is 0.265 e. The SMILES string of the molecule is CC(C)N(Cc1ccccc1)C(=O)c1cc2cccnc2n(Cc2ccccc2F)c1=O. The van der Waals surface area contributed by atoms with Crippen molar-refractivity contribution in [3.8, 4) is 0 Å². The number of carbonyl (C=O) groups is 1. The number of halogens is 1. The first-order valence-corrected chi connectivity index (χ1v) is 10.5. The zero-order chi connectivity index (χ0) is 22.7. The Kier molecular flexibility index (Phi) is 6.12. The first-order valence-electron chi connectivity index (χ1n) is 10.5. The van der Waals surface area contributed by atoms with Crippen LogP contribution in [0.1, 0.15) is 35.3 Å². The van der Waals surface area contributed by atoms with Gasteiger partial charge in [0.15, 0.2) is 0 Å². The number of benzene rings is 2. The first kappa shape index (κ1) is 21.4. The van der Waals surface area contributed by atoms with Crippen molar-refractivity contribution in [2.24, 2.45) is 0 Å². The third-order valence-electron chi connectivity index (χ3n) is 5.44. The van der Waals surface area contributed by atoms with Gasteiger partial charge >= 0.3 is 0 Å². The molecule has 32 heavy (non-hydrogen) atoms. The second-order valence-electron chi connectivity index (χ2n) is 7.97. The Balaban J connectivity index is 1.81. The quantitative estimate of drug-likeness (QED) is 0.449. The molecule has 2 aromatic heterocycles. The highest BCUT2D eigenvalue weighted by Crippen LogP contribution is 2.17. The summed E-state index contributed by atoms with van der Waals surface area (Å²) < 4.78 is 15.7. The van der Waals surface area contributed by atoms with E-state index >= 15 is 0 Å². The number of fused-ring (bicyclic) bond motifs is 1. The van der Waals surface area contributed by atoms with Crippen LogP contribution in [0.5, 0.6) is 0 Å². The molecule has 0 aliphatic rings. The van der Waals surface area contributed by atoms with Crippen molar-refractivity contribution >= 4 is 16.9 Å². The summed E-state index contributed by atoms with van der Waals surface area (Å²) >= 11 is 0. The summed E-state index contributed by atoms with van der Waals surface area (Å²) in [6.07, 6.45) is 1.58. The highest BCUT2D eigenvalue weighted by molar-refractivity contribution is 5.97. The van der Waals surface area contributed by atoms with Gasteiger partial charge in [0.2, 0.25) is 0 Å². The number of pyridine rings is 2. The van der Waals surface area contributed by atoms with Crippen molar-refractivity contribution in [1.29, 1.82) is 0 Å². The molecule has 4 aromatic rings. The molecule has 4 rings (SSSR count). The lowest BCUT2D eigenvalue weighted by atomic mass is 10.1. The van der Waals surface area contributed by atoms with Crippen molar-refractivity contribution in [2.75, 3.05) is 0 Å². The second kappa shape index (κ2) is 9.14. The van der Waals surface area contributed by atoms with Gasteiger partial charge in [-0.25, -0.2) is 9.37 Å². The van der Waals surface area contributed by atoms with E-state index in [9.17, 15) is 14.0 Å². The van der Waals surface area contributed by atoms with Crippen molar-refractivity contribution in [1.82, 2.24) is 14.5 Å². The third kappa shape index (κ3) is 4.30. The molecule has 2 aromatic carbocycles. The van der Waals surface area contributed by atoms with Crippen LogP contribution in [0, 0.1) is 5.82 Å². The van der Waals surface area contributed by atoms with Crippen LogP contribution in [-0.4, -0.2) is 26.4 Å². The molecule has 0 aliphatic carbocycles. The maximum atomic E-state index is 14.3. The van der Waals surface area contributed by atoms with Crippen LogP contribution in [0.25, 0.3) is 11.0 Å². The summed E-state index contributed by atoms with van der Waals surface area (Å²) in [5.74, 6) is -0.769. The van der Waals surface area contributed by atoms with Gasteiger partial charge in [0.1, 0.15) is 17.0 Å². The Labute approximate surface area is 185 Å². The number of hydrogen-bond donors (Lipinski definition) is 0. The summed E-state index contributed by atoms with van der Waals surface area (Å²) in [5.41, 5.74) is 1.31. The highest BCUT2D eigenvalue weighted by atomic mass is 19.1. The summed E-state index contributed by atoms with van der Waals surface area (Å²) in [6.45, 7) is 4.21. The van der Waals surface area contributed by atoms with Gasteiger partial charge < -0.3 is 4.90 Å². The van der Waals surface area contributed by atoms with Gasteiger partial charge in [-0.3, -0.25) is 14.2 Å². The summed E-state index contributed by atoms with van der Waals surface area (Å²) in [4.78, 5) is 33.0. The first-order chi connectivity index (χ1) is 15.5. The van der Waals surface area contributed by atoms with E-state index in [0.29, 0.717) is 23.1 Å². The van der Waals surface area contributed by atoms with Crippen LogP contribution >= 0.6 is 0 Å². The number of rotatable bonds is 6. The molecule has 162 valence electrons. The highest BCUT2D eigenvalue weighted by Gasteiger charge is 2.24. The minimum atomic E-state index is -0.483. The van der Waals surface area contributed by atoms with Gasteiger partial charge in [-0.1, -0.05) is 48.5 Å². The van der Waals surface area contributed by atoms with Crippen LogP contribution in [-0.2, 0) is 13.1 Å². The van der Waals surface area contributed by atoms with Crippen molar-refractivity contribution < 1.29 is 9.18 Å². The predicted octanol–water partition coefficient (Wildman–Crippen LogP) is 4.63. The van der Waals surface area contributed by atoms with E-state index in [0.717, 1.165) is 5.56 Å². The Morgan fingerprint density at radius 3 is 2.47 bits per heavy atom. The number of amides is 1. The number of hydrogen-bond acceptors (Lipinski definition) is 3. The Hall–Kier alpha value is -3.80. The summed E-state index contributed by atoms with van der Waals surface area (Å²) in [7, 11) is 0. The predicted molar refractivity (Wildman–Crippen MR) is 123 cm³/mol. The Morgan fingerprint density at radius 2 is 1.75 bits per heavy atom. The van der Waals surface area contributed by atoms with Crippen LogP contribution < -0.4 is 5.56 Å². The second-order valence-corrected chi connectivity index (χ2v) is 7.97. The fourth-order valence-corrected chi connectivity index (χ4v) is 3.73. The lowest BCUT2D eigenvalue weighted by Crippen LogP contribution is -2.40. The summed E-state index contributed by atoms with van der Waals surface area (Å²) in [6, 6.07) is 21.0. The minimum absolute atomic E-state index is 0.0134. The molecule has 2 heterocycles. The van der Waals surface area contributed by atoms with Crippen LogP contribution in [0.2, 0.25) is 0 Å². The number of aromatic nitrogens is 2. The zero-order valence-corrected chi connectivity index (χ0v) is 18.0. The number of nitrogens with zero attached hydrogens (tertiary/aromatic N) is 3. The van der Waals surface area contributed by atoms with E-state index in [-0.39, 0.29) is 24.1 Å². The molecule has 0 fully saturated rings. The van der Waals surface area contributed by atoms with E-state index in [1.165, 1.54) is 10.6 Å². The topological polar surface area (TPSA) is 55.2 Å². The maximum absolute atomic E-state index is 14.3. The largest absolute Gasteiger partial charge is 0.332 e. The Morgan fingerprint density at radius 1 is 1.03 bits per heavy atom. The van der Waals surface area contributed by atoms with Crippen molar-refractivity contribution in [2.45, 2.75) is 33.0 Å². The van der Waals surface area contributed by atoms with Gasteiger partial charge in [-0.05, 0) is 43.7 Å². The van der Waals surface area contributed by atoms with Crippen molar-refractivity contribution in [3.05, 3.63) is 112 Å². The normalized spacial score (nSPS) is 11.1. The Bertz CT molecular complexity index is 1320. The molecular formula is C26H24FN3O2. The monoisotopic (exact) mass is 429 g/mol. The molecule has 0 unspecified atom stereocenters. The van der Waals surface area contributed by atoms with Gasteiger partial charge in [0.25, 0.3) is 11.5 Å². The fourth-order valence-electron chi connectivity index (χ4n) is 3.73. The average molecular weight is 429 g/mol. The molecule has 0 bridgehead atoms. The molecule has 0 spiro atoms. The molecule has 6 heteroatoms. The van der Waals surface area contributed by atoms with E-state index in [1.54, 1.807) is 47.5 Å². The lowest BCUT2D eigenvalue weighted by molar-refractivity contribution is 0.0688. The molecule has 5 nitrogen and oxygen atoms in total. The van der Waals surface area contributed by atoms with Crippen LogP contribution in [0.3, 0.4) is 0 Å². The fraction of sp³-hybridized carbons (Fsp3) is 0.192. The van der Waals surface area contributed by atoms with Gasteiger partial charge in [0, 0.05) is 29.7 Å². The van der Waals surface area contributed by atoms with Crippen LogP contribution in [0.4, 0.5) is 4.39 Å². The molecule has 0 saturated carbocycles. The van der Waals surface area contributed by atoms with E-state index < -0.39 is 11.4 Å². The van der Waals surface area contributed by atoms with E-state index in [2.05, 4.69) is 4.98 Å². The van der Waals surface area contributed by atoms with E-state index in [4.69, 9.17) is 0 Å². The molecule has 0 aliphatic heterocycles. The molecule has 0 atom stereocenters. The average Bonchev–Trinajstić information content (AvgIpc) is 2.80. The standard InChI is InChI=1S/C26H24FN3O2/c1-18(2)29(16-19-9-4-3-5-10-19)25(31)22-15-20-12-8-14-28-24(20)30(26(22)32)17-21-11-6-7-13-23(21)27/h3-15,18H,16-17H2,1-2H3. The molecule has 0 N–H and O–H groups in total. The molecule has 0 saturated heterocycles. The smallest absolute Gasteiger partial charge is 0.265 e. The lowest BCUT2D eigenvalue weighted by Gasteiger charge is -2.27. The van der Waals surface area contributed by atoms with E-state index in [1.807, 2.05) is 44.2 Å². The third-order valence-corrected chi connectivity index (χ3v) is 5.44. The minimum Gasteiger partial charge on any atom is -0.332 e. The van der Waals surface area contributed by atoms with Crippen molar-refractivity contribution in [3.63, 3.8) is 0 Å². The van der Waals surface area contributed by atoms with Gasteiger partial charge in [0.05, 0.1) is 6.54 Å². The van der Waals surface area contributed by atoms with Gasteiger partial charge in [-0.2, -0.15) is 0 Å². The molecule has 1 amide bonds. The van der Waals surface area contributed by atoms with Gasteiger partial charge in [-0.15, -0.1) is 0 Å². The van der Waals surface area contributed by atoms with Crippen LogP contribution in [0.15, 0.2) is 83.8 Å². The number of carbonyl (C=O) groups excluding carboxylic acids is 1. The zero-order valence-electron chi connectivity index (χ0n) is 18.0.